The predicted octanol–water partition coefficient (Wildman–Crippen LogP) is 2.36. The van der Waals surface area contributed by atoms with Crippen molar-refractivity contribution in [2.24, 2.45) is 0 Å². The molecule has 1 unspecified atom stereocenters. The van der Waals surface area contributed by atoms with Crippen LogP contribution in [0, 0.1) is 17.5 Å². The minimum Gasteiger partial charge on any atom is -0.441 e. The van der Waals surface area contributed by atoms with Crippen LogP contribution in [0.1, 0.15) is 0 Å². The molecule has 2 saturated heterocycles. The monoisotopic (exact) mass is 422 g/mol. The van der Waals surface area contributed by atoms with Gasteiger partial charge in [-0.15, -0.1) is 0 Å². The molecule has 0 radical (unpaired) electrons. The summed E-state index contributed by atoms with van der Waals surface area (Å²) in [7, 11) is 1.64. The number of aliphatic hydroxyl groups excluding tert-OH is 1. The minimum absolute atomic E-state index is 0.0311. The molecule has 30 heavy (non-hydrogen) atoms. The molecular formula is C19H17F3N4O4. The summed E-state index contributed by atoms with van der Waals surface area (Å²) in [4.78, 5) is 31.6. The van der Waals surface area contributed by atoms with Crippen molar-refractivity contribution in [1.82, 2.24) is 9.88 Å². The van der Waals surface area contributed by atoms with E-state index in [1.54, 1.807) is 7.05 Å². The zero-order valence-electron chi connectivity index (χ0n) is 15.8. The van der Waals surface area contributed by atoms with Crippen molar-refractivity contribution in [2.45, 2.75) is 6.10 Å². The Bertz CT molecular complexity index is 1020. The molecule has 4 rings (SSSR count). The molecule has 0 saturated carbocycles. The molecule has 2 fully saturated rings. The number of anilines is 2. The van der Waals surface area contributed by atoms with Gasteiger partial charge < -0.3 is 14.7 Å². The van der Waals surface area contributed by atoms with E-state index in [0.717, 1.165) is 11.1 Å². The summed E-state index contributed by atoms with van der Waals surface area (Å²) >= 11 is 0. The number of halogens is 3. The van der Waals surface area contributed by atoms with Gasteiger partial charge in [-0.3, -0.25) is 9.80 Å². The van der Waals surface area contributed by atoms with Gasteiger partial charge in [-0.05, 0) is 12.1 Å². The number of urea groups is 1. The van der Waals surface area contributed by atoms with Crippen molar-refractivity contribution in [1.29, 1.82) is 0 Å². The molecule has 158 valence electrons. The van der Waals surface area contributed by atoms with Gasteiger partial charge in [0.15, 0.2) is 11.6 Å². The third-order valence-corrected chi connectivity index (χ3v) is 5.04. The first-order chi connectivity index (χ1) is 14.3. The van der Waals surface area contributed by atoms with E-state index in [4.69, 9.17) is 9.84 Å². The quantitative estimate of drug-likeness (QED) is 0.765. The summed E-state index contributed by atoms with van der Waals surface area (Å²) in [5, 5.41) is 9.07. The van der Waals surface area contributed by atoms with Crippen LogP contribution in [0.2, 0.25) is 0 Å². The van der Waals surface area contributed by atoms with Crippen molar-refractivity contribution < 1.29 is 32.6 Å². The van der Waals surface area contributed by atoms with E-state index in [0.29, 0.717) is 25.0 Å². The predicted molar refractivity (Wildman–Crippen MR) is 99.6 cm³/mol. The van der Waals surface area contributed by atoms with Crippen molar-refractivity contribution in [3.63, 3.8) is 0 Å². The van der Waals surface area contributed by atoms with Crippen molar-refractivity contribution in [2.75, 3.05) is 43.1 Å². The molecule has 8 nitrogen and oxygen atoms in total. The molecule has 2 aliphatic rings. The number of hydrogen-bond acceptors (Lipinski definition) is 5. The fraction of sp³-hybridized carbons (Fsp3) is 0.316. The van der Waals surface area contributed by atoms with E-state index in [1.807, 2.05) is 0 Å². The van der Waals surface area contributed by atoms with Crippen LogP contribution in [0.25, 0.3) is 11.1 Å². The number of aromatic nitrogens is 1. The van der Waals surface area contributed by atoms with Gasteiger partial charge in [0, 0.05) is 38.0 Å². The number of rotatable bonds is 4. The maximum atomic E-state index is 14.7. The van der Waals surface area contributed by atoms with Crippen molar-refractivity contribution >= 4 is 23.6 Å². The number of likely N-dealkylation sites (N-methyl/N-ethyl adjacent to an activating group) is 1. The topological polar surface area (TPSA) is 86.2 Å². The third kappa shape index (κ3) is 3.20. The average Bonchev–Trinajstić information content (AvgIpc) is 3.27. The number of carbonyl (C=O) groups is 2. The summed E-state index contributed by atoms with van der Waals surface area (Å²) in [5.74, 6) is -3.71. The first kappa shape index (κ1) is 20.0. The summed E-state index contributed by atoms with van der Waals surface area (Å²) in [5.41, 5.74) is -1.30. The highest BCUT2D eigenvalue weighted by Crippen LogP contribution is 2.35. The molecule has 11 heteroatoms. The van der Waals surface area contributed by atoms with Crippen LogP contribution < -0.4 is 9.80 Å². The highest BCUT2D eigenvalue weighted by atomic mass is 19.2. The third-order valence-electron chi connectivity index (χ3n) is 5.04. The fourth-order valence-electron chi connectivity index (χ4n) is 3.41. The minimum atomic E-state index is -1.49. The molecule has 0 aliphatic carbocycles. The second-order valence-corrected chi connectivity index (χ2v) is 6.94. The Labute approximate surface area is 169 Å². The van der Waals surface area contributed by atoms with Crippen LogP contribution in [-0.4, -0.2) is 66.5 Å². The molecule has 0 spiro atoms. The first-order valence-electron chi connectivity index (χ1n) is 9.07. The summed E-state index contributed by atoms with van der Waals surface area (Å²) < 4.78 is 48.9. The van der Waals surface area contributed by atoms with Crippen LogP contribution in [0.3, 0.4) is 0 Å². The van der Waals surface area contributed by atoms with Crippen LogP contribution >= 0.6 is 0 Å². The largest absolute Gasteiger partial charge is 0.441 e. The zero-order chi connectivity index (χ0) is 21.6. The van der Waals surface area contributed by atoms with Gasteiger partial charge in [0.05, 0.1) is 24.4 Å². The highest BCUT2D eigenvalue weighted by Gasteiger charge is 2.35. The molecular weight excluding hydrogens is 405 g/mol. The second-order valence-electron chi connectivity index (χ2n) is 6.94. The van der Waals surface area contributed by atoms with E-state index in [1.165, 1.54) is 21.9 Å². The van der Waals surface area contributed by atoms with Gasteiger partial charge in [-0.1, -0.05) is 0 Å². The van der Waals surface area contributed by atoms with Crippen molar-refractivity contribution in [3.8, 4) is 11.1 Å². The normalized spacial score (nSPS) is 19.1. The number of nitrogens with zero attached hydrogens (tertiary/aromatic N) is 4. The van der Waals surface area contributed by atoms with Gasteiger partial charge in [-0.25, -0.2) is 27.7 Å². The van der Waals surface area contributed by atoms with Gasteiger partial charge in [0.1, 0.15) is 17.7 Å². The highest BCUT2D eigenvalue weighted by molar-refractivity contribution is 5.93. The fourth-order valence-corrected chi connectivity index (χ4v) is 3.41. The number of hydrogen-bond donors (Lipinski definition) is 1. The first-order valence-corrected chi connectivity index (χ1v) is 9.07. The van der Waals surface area contributed by atoms with Gasteiger partial charge >= 0.3 is 12.1 Å². The standard InChI is InChI=1S/C19H17F3N4O4/c1-24-4-5-25(18(24)28)14-3-2-10(7-23-14)15-12(20)6-13(16(21)17(15)22)26-8-11(9-27)30-19(26)29/h2-3,6-7,11,27H,4-5,8-9H2,1H3. The van der Waals surface area contributed by atoms with Gasteiger partial charge in [-0.2, -0.15) is 0 Å². The molecule has 3 amide bonds. The van der Waals surface area contributed by atoms with E-state index in [9.17, 15) is 22.8 Å². The molecule has 2 aliphatic heterocycles. The maximum Gasteiger partial charge on any atom is 0.414 e. The Morgan fingerprint density at radius 3 is 2.50 bits per heavy atom. The smallest absolute Gasteiger partial charge is 0.414 e. The van der Waals surface area contributed by atoms with E-state index < -0.39 is 47.5 Å². The lowest BCUT2D eigenvalue weighted by Crippen LogP contribution is -2.29. The number of pyridine rings is 1. The van der Waals surface area contributed by atoms with Crippen LogP contribution in [0.5, 0.6) is 0 Å². The van der Waals surface area contributed by atoms with Crippen LogP contribution in [0.15, 0.2) is 24.4 Å². The van der Waals surface area contributed by atoms with Crippen LogP contribution in [0.4, 0.5) is 34.3 Å². The molecule has 0 bridgehead atoms. The zero-order valence-corrected chi connectivity index (χ0v) is 15.8. The lowest BCUT2D eigenvalue weighted by atomic mass is 10.0. The maximum absolute atomic E-state index is 14.7. The number of amides is 3. The number of ether oxygens (including phenoxy) is 1. The number of aliphatic hydroxyl groups is 1. The lowest BCUT2D eigenvalue weighted by molar-refractivity contribution is 0.0963. The van der Waals surface area contributed by atoms with Crippen LogP contribution in [-0.2, 0) is 4.74 Å². The second kappa shape index (κ2) is 7.48. The molecule has 1 aromatic heterocycles. The van der Waals surface area contributed by atoms with E-state index in [2.05, 4.69) is 4.98 Å². The number of benzene rings is 1. The van der Waals surface area contributed by atoms with E-state index >= 15 is 0 Å². The Morgan fingerprint density at radius 1 is 1.17 bits per heavy atom. The SMILES string of the molecule is CN1CCN(c2ccc(-c3c(F)cc(N4CC(CO)OC4=O)c(F)c3F)cn2)C1=O. The molecule has 1 N–H and O–H groups in total. The van der Waals surface area contributed by atoms with Gasteiger partial charge in [0.2, 0.25) is 0 Å². The molecule has 3 heterocycles. The Hall–Kier alpha value is -3.34. The average molecular weight is 422 g/mol. The Morgan fingerprint density at radius 2 is 1.93 bits per heavy atom. The Kier molecular flexibility index (Phi) is 4.98. The number of cyclic esters (lactones) is 1. The Balaban J connectivity index is 1.66. The molecule has 2 aromatic rings. The van der Waals surface area contributed by atoms with Gasteiger partial charge in [0.25, 0.3) is 0 Å². The van der Waals surface area contributed by atoms with Crippen molar-refractivity contribution in [3.05, 3.63) is 41.8 Å². The lowest BCUT2D eigenvalue weighted by Gasteiger charge is -2.17. The molecule has 1 aromatic carbocycles. The summed E-state index contributed by atoms with van der Waals surface area (Å²) in [6.45, 7) is 0.210. The summed E-state index contributed by atoms with van der Waals surface area (Å²) in [6.07, 6.45) is -0.773. The number of carbonyl (C=O) groups excluding carboxylic acids is 2. The summed E-state index contributed by atoms with van der Waals surface area (Å²) in [6, 6.07) is 3.20. The molecule has 1 atom stereocenters. The van der Waals surface area contributed by atoms with E-state index in [-0.39, 0.29) is 18.1 Å².